The number of hydrogen-bond donors (Lipinski definition) is 2. The molecule has 4 nitrogen and oxygen atoms in total. The number of nitrogens with zero attached hydrogens (tertiary/aromatic N) is 1. The van der Waals surface area contributed by atoms with E-state index in [1.807, 2.05) is 0 Å². The topological polar surface area (TPSA) is 52.6 Å². The van der Waals surface area contributed by atoms with Gasteiger partial charge < -0.3 is 10.4 Å². The van der Waals surface area contributed by atoms with Crippen LogP contribution in [0.5, 0.6) is 0 Å². The van der Waals surface area contributed by atoms with Crippen molar-refractivity contribution in [3.63, 3.8) is 0 Å². The van der Waals surface area contributed by atoms with Gasteiger partial charge in [0.05, 0.1) is 6.42 Å². The third-order valence-electron chi connectivity index (χ3n) is 2.91. The van der Waals surface area contributed by atoms with Crippen molar-refractivity contribution in [3.05, 3.63) is 0 Å². The van der Waals surface area contributed by atoms with Gasteiger partial charge in [-0.05, 0) is 27.2 Å². The molecule has 2 N–H and O–H groups in total. The fraction of sp³-hybridized carbons (Fsp3) is 0.909. The van der Waals surface area contributed by atoms with Crippen molar-refractivity contribution in [2.45, 2.75) is 45.2 Å². The van der Waals surface area contributed by atoms with Crippen LogP contribution in [-0.2, 0) is 4.79 Å². The van der Waals surface area contributed by atoms with E-state index in [9.17, 15) is 4.79 Å². The molecule has 0 aromatic rings. The molecule has 0 amide bonds. The summed E-state index contributed by atoms with van der Waals surface area (Å²) < 4.78 is 0. The van der Waals surface area contributed by atoms with E-state index in [2.05, 4.69) is 31.0 Å². The highest BCUT2D eigenvalue weighted by Crippen LogP contribution is 2.20. The molecular formula is C11H22N2O2. The van der Waals surface area contributed by atoms with E-state index in [0.717, 1.165) is 19.5 Å². The fourth-order valence-corrected chi connectivity index (χ4v) is 1.92. The highest BCUT2D eigenvalue weighted by atomic mass is 16.4. The Kier molecular flexibility index (Phi) is 4.11. The number of carbonyl (C=O) groups is 1. The number of likely N-dealkylation sites (tertiary alicyclic amines) is 1. The Morgan fingerprint density at radius 2 is 2.20 bits per heavy atom. The van der Waals surface area contributed by atoms with Gasteiger partial charge in [0.15, 0.2) is 0 Å². The number of rotatable bonds is 4. The Labute approximate surface area is 91.6 Å². The van der Waals surface area contributed by atoms with Crippen LogP contribution in [0, 0.1) is 0 Å². The predicted molar refractivity (Wildman–Crippen MR) is 60.0 cm³/mol. The molecule has 0 bridgehead atoms. The summed E-state index contributed by atoms with van der Waals surface area (Å²) >= 11 is 0. The first-order valence-corrected chi connectivity index (χ1v) is 5.60. The van der Waals surface area contributed by atoms with Gasteiger partial charge >= 0.3 is 5.97 Å². The summed E-state index contributed by atoms with van der Waals surface area (Å²) in [5.74, 6) is -0.729. The van der Waals surface area contributed by atoms with Crippen LogP contribution in [-0.4, -0.2) is 47.2 Å². The zero-order valence-corrected chi connectivity index (χ0v) is 9.92. The average Bonchev–Trinajstić information content (AvgIpc) is 2.51. The second kappa shape index (κ2) is 4.94. The van der Waals surface area contributed by atoms with Crippen molar-refractivity contribution in [2.24, 2.45) is 0 Å². The lowest BCUT2D eigenvalue weighted by atomic mass is 10.1. The van der Waals surface area contributed by atoms with Crippen LogP contribution in [0.4, 0.5) is 0 Å². The lowest BCUT2D eigenvalue weighted by Crippen LogP contribution is -2.42. The van der Waals surface area contributed by atoms with Crippen molar-refractivity contribution >= 4 is 5.97 Å². The van der Waals surface area contributed by atoms with E-state index in [-0.39, 0.29) is 12.0 Å². The minimum Gasteiger partial charge on any atom is -0.481 e. The molecular weight excluding hydrogens is 192 g/mol. The highest BCUT2D eigenvalue weighted by molar-refractivity contribution is 5.66. The van der Waals surface area contributed by atoms with E-state index in [0.29, 0.717) is 12.6 Å². The smallest absolute Gasteiger partial charge is 0.304 e. The first-order valence-electron chi connectivity index (χ1n) is 5.60. The van der Waals surface area contributed by atoms with Gasteiger partial charge in [0.1, 0.15) is 0 Å². The predicted octanol–water partition coefficient (Wildman–Crippen LogP) is 0.923. The quantitative estimate of drug-likeness (QED) is 0.731. The number of carboxylic acid groups (broad SMARTS) is 1. The van der Waals surface area contributed by atoms with E-state index in [1.54, 1.807) is 0 Å². The molecule has 15 heavy (non-hydrogen) atoms. The molecule has 1 aliphatic rings. The lowest BCUT2D eigenvalue weighted by molar-refractivity contribution is -0.136. The maximum absolute atomic E-state index is 10.3. The molecule has 0 aliphatic carbocycles. The van der Waals surface area contributed by atoms with Gasteiger partial charge in [-0.25, -0.2) is 0 Å². The second-order valence-corrected chi connectivity index (χ2v) is 5.20. The molecule has 88 valence electrons. The van der Waals surface area contributed by atoms with Crippen molar-refractivity contribution in [1.29, 1.82) is 0 Å². The molecule has 0 radical (unpaired) electrons. The molecule has 0 spiro atoms. The summed E-state index contributed by atoms with van der Waals surface area (Å²) in [7, 11) is 0. The molecule has 0 saturated carbocycles. The zero-order chi connectivity index (χ0) is 11.5. The van der Waals surface area contributed by atoms with Gasteiger partial charge in [-0.3, -0.25) is 9.69 Å². The molecule has 0 aromatic heterocycles. The van der Waals surface area contributed by atoms with Crippen LogP contribution in [0.3, 0.4) is 0 Å². The highest BCUT2D eigenvalue weighted by Gasteiger charge is 2.29. The first-order chi connectivity index (χ1) is 6.89. The van der Waals surface area contributed by atoms with E-state index in [1.165, 1.54) is 0 Å². The van der Waals surface area contributed by atoms with Crippen molar-refractivity contribution in [1.82, 2.24) is 10.2 Å². The third-order valence-corrected chi connectivity index (χ3v) is 2.91. The summed E-state index contributed by atoms with van der Waals surface area (Å²) in [5, 5.41) is 11.8. The monoisotopic (exact) mass is 214 g/mol. The van der Waals surface area contributed by atoms with Crippen molar-refractivity contribution in [3.8, 4) is 0 Å². The third kappa shape index (κ3) is 4.18. The standard InChI is InChI=1S/C11H22N2O2/c1-11(2,3)13-7-5-9(8-13)12-6-4-10(14)15/h9,12H,4-8H2,1-3H3,(H,14,15). The average molecular weight is 214 g/mol. The van der Waals surface area contributed by atoms with E-state index < -0.39 is 5.97 Å². The first kappa shape index (κ1) is 12.5. The minimum absolute atomic E-state index is 0.214. The number of hydrogen-bond acceptors (Lipinski definition) is 3. The minimum atomic E-state index is -0.729. The molecule has 1 saturated heterocycles. The maximum atomic E-state index is 10.3. The molecule has 1 aliphatic heterocycles. The van der Waals surface area contributed by atoms with Crippen LogP contribution in [0.2, 0.25) is 0 Å². The Balaban J connectivity index is 2.22. The Hall–Kier alpha value is -0.610. The zero-order valence-electron chi connectivity index (χ0n) is 9.92. The Morgan fingerprint density at radius 3 is 2.67 bits per heavy atom. The van der Waals surface area contributed by atoms with Gasteiger partial charge in [0.2, 0.25) is 0 Å². The van der Waals surface area contributed by atoms with E-state index >= 15 is 0 Å². The SMILES string of the molecule is CC(C)(C)N1CCC(NCCC(=O)O)C1. The molecule has 1 rings (SSSR count). The van der Waals surface area contributed by atoms with Crippen LogP contribution in [0.1, 0.15) is 33.6 Å². The number of nitrogens with one attached hydrogen (secondary N) is 1. The van der Waals surface area contributed by atoms with Crippen LogP contribution in [0.15, 0.2) is 0 Å². The van der Waals surface area contributed by atoms with Crippen LogP contribution >= 0.6 is 0 Å². The van der Waals surface area contributed by atoms with Crippen molar-refractivity contribution in [2.75, 3.05) is 19.6 Å². The van der Waals surface area contributed by atoms with E-state index in [4.69, 9.17) is 5.11 Å². The van der Waals surface area contributed by atoms with Gasteiger partial charge in [-0.1, -0.05) is 0 Å². The molecule has 1 atom stereocenters. The molecule has 4 heteroatoms. The maximum Gasteiger partial charge on any atom is 0.304 e. The molecule has 1 unspecified atom stereocenters. The fourth-order valence-electron chi connectivity index (χ4n) is 1.92. The molecule has 1 heterocycles. The summed E-state index contributed by atoms with van der Waals surface area (Å²) in [4.78, 5) is 12.8. The molecule has 0 aromatic carbocycles. The van der Waals surface area contributed by atoms with Gasteiger partial charge in [0.25, 0.3) is 0 Å². The summed E-state index contributed by atoms with van der Waals surface area (Å²) in [6.07, 6.45) is 1.34. The van der Waals surface area contributed by atoms with Gasteiger partial charge in [0, 0.05) is 31.2 Å². The van der Waals surface area contributed by atoms with Gasteiger partial charge in [-0.2, -0.15) is 0 Å². The van der Waals surface area contributed by atoms with Crippen molar-refractivity contribution < 1.29 is 9.90 Å². The Morgan fingerprint density at radius 1 is 1.53 bits per heavy atom. The normalized spacial score (nSPS) is 23.3. The van der Waals surface area contributed by atoms with Crippen LogP contribution in [0.25, 0.3) is 0 Å². The van der Waals surface area contributed by atoms with Crippen LogP contribution < -0.4 is 5.32 Å². The lowest BCUT2D eigenvalue weighted by Gasteiger charge is -2.31. The molecule has 1 fully saturated rings. The largest absolute Gasteiger partial charge is 0.481 e. The number of carboxylic acids is 1. The summed E-state index contributed by atoms with van der Waals surface area (Å²) in [5.41, 5.74) is 0.225. The second-order valence-electron chi connectivity index (χ2n) is 5.20. The summed E-state index contributed by atoms with van der Waals surface area (Å²) in [6, 6.07) is 0.462. The van der Waals surface area contributed by atoms with Gasteiger partial charge in [-0.15, -0.1) is 0 Å². The summed E-state index contributed by atoms with van der Waals surface area (Å²) in [6.45, 7) is 9.36. The number of aliphatic carboxylic acids is 1. The Bertz CT molecular complexity index is 223.